The molecule has 0 saturated heterocycles. The molecule has 0 aliphatic heterocycles. The number of hydrogen-bond acceptors (Lipinski definition) is 6. The van der Waals surface area contributed by atoms with Gasteiger partial charge in [-0.1, -0.05) is 11.6 Å². The molecule has 0 bridgehead atoms. The van der Waals surface area contributed by atoms with Gasteiger partial charge in [0.15, 0.2) is 5.76 Å². The number of nitrogens with one attached hydrogen (secondary N) is 2. The Kier molecular flexibility index (Phi) is 4.45. The van der Waals surface area contributed by atoms with Crippen LogP contribution in [0.15, 0.2) is 45.9 Å². The van der Waals surface area contributed by atoms with E-state index in [0.717, 1.165) is 18.2 Å². The van der Waals surface area contributed by atoms with E-state index in [1.54, 1.807) is 4.83 Å². The maximum absolute atomic E-state index is 12.0. The van der Waals surface area contributed by atoms with E-state index in [1.807, 2.05) is 5.43 Å². The van der Waals surface area contributed by atoms with Gasteiger partial charge in [0.05, 0.1) is 16.1 Å². The monoisotopic (exact) mass is 345 g/mol. The summed E-state index contributed by atoms with van der Waals surface area (Å²) in [7, 11) is -4.21. The largest absolute Gasteiger partial charge is 0.459 e. The van der Waals surface area contributed by atoms with Gasteiger partial charge >= 0.3 is 5.91 Å². The van der Waals surface area contributed by atoms with Crippen LogP contribution in [0.4, 0.5) is 5.69 Å². The van der Waals surface area contributed by atoms with Crippen molar-refractivity contribution in [3.05, 3.63) is 57.5 Å². The minimum atomic E-state index is -4.21. The molecule has 116 valence electrons. The maximum Gasteiger partial charge on any atom is 0.301 e. The molecule has 0 fully saturated rings. The van der Waals surface area contributed by atoms with Gasteiger partial charge in [0.25, 0.3) is 15.7 Å². The lowest BCUT2D eigenvalue weighted by Crippen LogP contribution is -2.41. The summed E-state index contributed by atoms with van der Waals surface area (Å²) in [4.78, 5) is 22.8. The van der Waals surface area contributed by atoms with Crippen LogP contribution in [0, 0.1) is 10.1 Å². The SMILES string of the molecule is O=C(NNS(=O)(=O)c1ccc(Cl)c([N+](=O)[O-])c1)c1ccco1. The van der Waals surface area contributed by atoms with Gasteiger partial charge in [0.1, 0.15) is 5.02 Å². The number of carbonyl (C=O) groups is 1. The van der Waals surface area contributed by atoms with Crippen LogP contribution in [0.1, 0.15) is 10.6 Å². The lowest BCUT2D eigenvalue weighted by Gasteiger charge is -2.07. The third-order valence-electron chi connectivity index (χ3n) is 2.47. The van der Waals surface area contributed by atoms with E-state index in [2.05, 4.69) is 0 Å². The topological polar surface area (TPSA) is 132 Å². The molecule has 0 saturated carbocycles. The summed E-state index contributed by atoms with van der Waals surface area (Å²) in [6.07, 6.45) is 1.24. The number of sulfonamides is 1. The first-order valence-corrected chi connectivity index (χ1v) is 7.47. The Morgan fingerprint density at radius 2 is 2.05 bits per heavy atom. The maximum atomic E-state index is 12.0. The van der Waals surface area contributed by atoms with Crippen LogP contribution in [0.2, 0.25) is 5.02 Å². The van der Waals surface area contributed by atoms with E-state index in [0.29, 0.717) is 0 Å². The van der Waals surface area contributed by atoms with Crippen molar-refractivity contribution in [3.8, 4) is 0 Å². The molecule has 1 aromatic carbocycles. The number of hydrogen-bond donors (Lipinski definition) is 2. The van der Waals surface area contributed by atoms with Gasteiger partial charge in [-0.05, 0) is 24.3 Å². The molecule has 1 aromatic heterocycles. The first kappa shape index (κ1) is 15.9. The minimum Gasteiger partial charge on any atom is -0.459 e. The Labute approximate surface area is 129 Å². The molecule has 0 unspecified atom stereocenters. The average molecular weight is 346 g/mol. The number of halogens is 1. The first-order valence-electron chi connectivity index (χ1n) is 5.61. The summed E-state index contributed by atoms with van der Waals surface area (Å²) in [6.45, 7) is 0. The van der Waals surface area contributed by atoms with E-state index in [-0.39, 0.29) is 10.8 Å². The van der Waals surface area contributed by atoms with Crippen LogP contribution in [0.3, 0.4) is 0 Å². The number of benzene rings is 1. The lowest BCUT2D eigenvalue weighted by atomic mass is 10.3. The Morgan fingerprint density at radius 3 is 2.64 bits per heavy atom. The van der Waals surface area contributed by atoms with Gasteiger partial charge < -0.3 is 4.42 Å². The Balaban J connectivity index is 2.19. The third kappa shape index (κ3) is 3.42. The molecule has 0 aliphatic rings. The zero-order valence-corrected chi connectivity index (χ0v) is 12.2. The van der Waals surface area contributed by atoms with Crippen LogP contribution in [0.25, 0.3) is 0 Å². The molecular weight excluding hydrogens is 338 g/mol. The number of rotatable bonds is 5. The van der Waals surface area contributed by atoms with E-state index in [4.69, 9.17) is 16.0 Å². The zero-order valence-electron chi connectivity index (χ0n) is 10.6. The van der Waals surface area contributed by atoms with Gasteiger partial charge in [0.2, 0.25) is 0 Å². The van der Waals surface area contributed by atoms with Crippen LogP contribution in [0.5, 0.6) is 0 Å². The Hall–Kier alpha value is -2.43. The molecule has 2 N–H and O–H groups in total. The predicted molar refractivity (Wildman–Crippen MR) is 74.6 cm³/mol. The van der Waals surface area contributed by atoms with Crippen LogP contribution < -0.4 is 10.3 Å². The second-order valence-electron chi connectivity index (χ2n) is 3.91. The number of hydrazine groups is 1. The highest BCUT2D eigenvalue weighted by Gasteiger charge is 2.21. The van der Waals surface area contributed by atoms with Crippen molar-refractivity contribution in [1.29, 1.82) is 0 Å². The van der Waals surface area contributed by atoms with Crippen molar-refractivity contribution in [2.24, 2.45) is 0 Å². The van der Waals surface area contributed by atoms with Crippen molar-refractivity contribution < 1.29 is 22.6 Å². The number of amides is 1. The predicted octanol–water partition coefficient (Wildman–Crippen LogP) is 1.46. The standard InChI is InChI=1S/C11H8ClN3O6S/c12-8-4-3-7(6-9(8)15(17)18)22(19,20)14-13-11(16)10-2-1-5-21-10/h1-6,14H,(H,13,16). The normalized spacial score (nSPS) is 11.1. The second-order valence-corrected chi connectivity index (χ2v) is 6.00. The highest BCUT2D eigenvalue weighted by molar-refractivity contribution is 7.89. The van der Waals surface area contributed by atoms with Crippen molar-refractivity contribution in [2.45, 2.75) is 4.90 Å². The molecule has 0 atom stereocenters. The fourth-order valence-electron chi connectivity index (χ4n) is 1.44. The van der Waals surface area contributed by atoms with Gasteiger partial charge in [-0.3, -0.25) is 20.3 Å². The Morgan fingerprint density at radius 1 is 1.32 bits per heavy atom. The van der Waals surface area contributed by atoms with E-state index in [9.17, 15) is 23.3 Å². The van der Waals surface area contributed by atoms with E-state index >= 15 is 0 Å². The zero-order chi connectivity index (χ0) is 16.3. The smallest absolute Gasteiger partial charge is 0.301 e. The van der Waals surface area contributed by atoms with Crippen molar-refractivity contribution in [3.63, 3.8) is 0 Å². The van der Waals surface area contributed by atoms with Gasteiger partial charge in [-0.15, -0.1) is 4.83 Å². The highest BCUT2D eigenvalue weighted by Crippen LogP contribution is 2.26. The number of furan rings is 1. The Bertz CT molecular complexity index is 818. The molecule has 2 rings (SSSR count). The summed E-state index contributed by atoms with van der Waals surface area (Å²) in [6, 6.07) is 5.70. The fraction of sp³-hybridized carbons (Fsp3) is 0. The number of nitro groups is 1. The summed E-state index contributed by atoms with van der Waals surface area (Å²) >= 11 is 5.60. The third-order valence-corrected chi connectivity index (χ3v) is 4.03. The molecule has 22 heavy (non-hydrogen) atoms. The molecule has 1 amide bonds. The van der Waals surface area contributed by atoms with Crippen molar-refractivity contribution >= 4 is 33.2 Å². The first-order chi connectivity index (χ1) is 10.3. The summed E-state index contributed by atoms with van der Waals surface area (Å²) in [5, 5.41) is 10.5. The van der Waals surface area contributed by atoms with Crippen molar-refractivity contribution in [2.75, 3.05) is 0 Å². The summed E-state index contributed by atoms with van der Waals surface area (Å²) in [5.74, 6) is -0.929. The van der Waals surface area contributed by atoms with Gasteiger partial charge in [0, 0.05) is 6.07 Å². The molecule has 0 spiro atoms. The summed E-state index contributed by atoms with van der Waals surface area (Å²) in [5.41, 5.74) is 1.35. The molecule has 2 aromatic rings. The van der Waals surface area contributed by atoms with Crippen LogP contribution in [-0.4, -0.2) is 19.2 Å². The minimum absolute atomic E-state index is 0.107. The number of nitro benzene ring substituents is 1. The van der Waals surface area contributed by atoms with Crippen LogP contribution in [-0.2, 0) is 10.0 Å². The molecule has 11 heteroatoms. The number of carbonyl (C=O) groups excluding carboxylic acids is 1. The number of nitrogens with zero attached hydrogens (tertiary/aromatic N) is 1. The van der Waals surface area contributed by atoms with Crippen LogP contribution >= 0.6 is 11.6 Å². The fourth-order valence-corrected chi connectivity index (χ4v) is 2.49. The molecule has 1 heterocycles. The van der Waals surface area contributed by atoms with Gasteiger partial charge in [-0.25, -0.2) is 8.42 Å². The summed E-state index contributed by atoms with van der Waals surface area (Å²) < 4.78 is 28.7. The molecular formula is C11H8ClN3O6S. The second kappa shape index (κ2) is 6.13. The highest BCUT2D eigenvalue weighted by atomic mass is 35.5. The van der Waals surface area contributed by atoms with Gasteiger partial charge in [-0.2, -0.15) is 0 Å². The van der Waals surface area contributed by atoms with E-state index in [1.165, 1.54) is 18.4 Å². The lowest BCUT2D eigenvalue weighted by molar-refractivity contribution is -0.384. The van der Waals surface area contributed by atoms with Crippen molar-refractivity contribution in [1.82, 2.24) is 10.3 Å². The molecule has 0 aliphatic carbocycles. The average Bonchev–Trinajstić information content (AvgIpc) is 2.99. The quantitative estimate of drug-likeness (QED) is 0.623. The van der Waals surface area contributed by atoms with E-state index < -0.39 is 31.4 Å². The molecule has 0 radical (unpaired) electrons. The molecule has 9 nitrogen and oxygen atoms in total.